The summed E-state index contributed by atoms with van der Waals surface area (Å²) in [5, 5.41) is 3.73. The molecule has 0 unspecified atom stereocenters. The van der Waals surface area contributed by atoms with Gasteiger partial charge in [-0.25, -0.2) is 0 Å². The molecule has 1 atom stereocenters. The van der Waals surface area contributed by atoms with Gasteiger partial charge in [0.25, 0.3) is 5.91 Å². The molecule has 176 valence electrons. The standard InChI is InChI=1S/C27H27ClN2O2S2/c28-24-12-6-21(7-13-24)18-33-17-15-29-26(32)22-8-10-23(11-9-22)27-30(25(31)19-34-27)16-14-20-4-2-1-3-5-20/h1-13,27H,14-19H2,(H,29,32)/t27-/m1/s1. The van der Waals surface area contributed by atoms with Crippen LogP contribution in [0.15, 0.2) is 78.9 Å². The summed E-state index contributed by atoms with van der Waals surface area (Å²) in [5.41, 5.74) is 4.14. The maximum atomic E-state index is 12.5. The third-order valence-electron chi connectivity index (χ3n) is 5.62. The largest absolute Gasteiger partial charge is 0.351 e. The summed E-state index contributed by atoms with van der Waals surface area (Å²) >= 11 is 9.33. The van der Waals surface area contributed by atoms with Gasteiger partial charge in [-0.3, -0.25) is 9.59 Å². The molecule has 0 spiro atoms. The number of hydrogen-bond acceptors (Lipinski definition) is 4. The van der Waals surface area contributed by atoms with Crippen molar-refractivity contribution >= 4 is 46.9 Å². The average molecular weight is 511 g/mol. The summed E-state index contributed by atoms with van der Waals surface area (Å²) in [4.78, 5) is 26.9. The van der Waals surface area contributed by atoms with Gasteiger partial charge in [0.15, 0.2) is 0 Å². The molecule has 0 bridgehead atoms. The molecule has 0 radical (unpaired) electrons. The van der Waals surface area contributed by atoms with Gasteiger partial charge >= 0.3 is 0 Å². The zero-order chi connectivity index (χ0) is 23.8. The number of nitrogens with zero attached hydrogens (tertiary/aromatic N) is 1. The van der Waals surface area contributed by atoms with Gasteiger partial charge in [0.2, 0.25) is 5.91 Å². The first-order valence-corrected chi connectivity index (χ1v) is 13.8. The Labute approximate surface area is 214 Å². The van der Waals surface area contributed by atoms with E-state index < -0.39 is 0 Å². The normalized spacial score (nSPS) is 15.5. The maximum absolute atomic E-state index is 12.5. The number of amides is 2. The van der Waals surface area contributed by atoms with E-state index in [4.69, 9.17) is 11.6 Å². The molecule has 7 heteroatoms. The van der Waals surface area contributed by atoms with Gasteiger partial charge in [-0.2, -0.15) is 11.8 Å². The number of carbonyl (C=O) groups excluding carboxylic acids is 2. The van der Waals surface area contributed by atoms with Crippen molar-refractivity contribution in [1.82, 2.24) is 10.2 Å². The van der Waals surface area contributed by atoms with Crippen molar-refractivity contribution in [2.75, 3.05) is 24.6 Å². The van der Waals surface area contributed by atoms with E-state index in [0.717, 1.165) is 28.5 Å². The van der Waals surface area contributed by atoms with Gasteiger partial charge in [0, 0.05) is 35.2 Å². The van der Waals surface area contributed by atoms with E-state index in [1.807, 2.05) is 71.6 Å². The van der Waals surface area contributed by atoms with Crippen LogP contribution in [0.5, 0.6) is 0 Å². The number of nitrogens with one attached hydrogen (secondary N) is 1. The van der Waals surface area contributed by atoms with Crippen molar-refractivity contribution in [2.24, 2.45) is 0 Å². The van der Waals surface area contributed by atoms with E-state index in [2.05, 4.69) is 17.4 Å². The van der Waals surface area contributed by atoms with Gasteiger partial charge in [-0.05, 0) is 47.4 Å². The molecule has 3 aromatic carbocycles. The van der Waals surface area contributed by atoms with E-state index >= 15 is 0 Å². The second kappa shape index (κ2) is 12.3. The number of halogens is 1. The SMILES string of the molecule is O=C(NCCSCc1ccc(Cl)cc1)c1ccc([C@H]2SCC(=O)N2CCc2ccccc2)cc1. The lowest BCUT2D eigenvalue weighted by Gasteiger charge is -2.24. The fourth-order valence-electron chi connectivity index (χ4n) is 3.77. The van der Waals surface area contributed by atoms with Crippen LogP contribution in [0, 0.1) is 0 Å². The van der Waals surface area contributed by atoms with Gasteiger partial charge in [-0.1, -0.05) is 66.2 Å². The van der Waals surface area contributed by atoms with Crippen LogP contribution in [0.4, 0.5) is 0 Å². The summed E-state index contributed by atoms with van der Waals surface area (Å²) < 4.78 is 0. The molecule has 0 saturated carbocycles. The first-order valence-electron chi connectivity index (χ1n) is 11.3. The predicted octanol–water partition coefficient (Wildman–Crippen LogP) is 5.82. The molecule has 0 aromatic heterocycles. The molecule has 1 fully saturated rings. The maximum Gasteiger partial charge on any atom is 0.251 e. The first kappa shape index (κ1) is 24.7. The minimum Gasteiger partial charge on any atom is -0.351 e. The summed E-state index contributed by atoms with van der Waals surface area (Å²) in [5.74, 6) is 2.32. The number of carbonyl (C=O) groups is 2. The lowest BCUT2D eigenvalue weighted by Crippen LogP contribution is -2.30. The number of thioether (sulfide) groups is 2. The van der Waals surface area contributed by atoms with Crippen molar-refractivity contribution in [1.29, 1.82) is 0 Å². The fourth-order valence-corrected chi connectivity index (χ4v) is 5.94. The Kier molecular flexibility index (Phi) is 8.97. The van der Waals surface area contributed by atoms with E-state index in [-0.39, 0.29) is 17.2 Å². The quantitative estimate of drug-likeness (QED) is 0.349. The van der Waals surface area contributed by atoms with E-state index in [0.29, 0.717) is 24.4 Å². The minimum absolute atomic E-state index is 0.00223. The molecule has 0 aliphatic carbocycles. The Morgan fingerprint density at radius 1 is 1.00 bits per heavy atom. The smallest absolute Gasteiger partial charge is 0.251 e. The van der Waals surface area contributed by atoms with Crippen LogP contribution >= 0.6 is 35.1 Å². The lowest BCUT2D eigenvalue weighted by molar-refractivity contribution is -0.128. The topological polar surface area (TPSA) is 49.4 Å². The molecular formula is C27H27ClN2O2S2. The Bertz CT molecular complexity index is 1090. The van der Waals surface area contributed by atoms with Crippen molar-refractivity contribution in [3.63, 3.8) is 0 Å². The monoisotopic (exact) mass is 510 g/mol. The molecule has 1 saturated heterocycles. The Hall–Kier alpha value is -2.41. The van der Waals surface area contributed by atoms with Gasteiger partial charge < -0.3 is 10.2 Å². The minimum atomic E-state index is -0.0743. The van der Waals surface area contributed by atoms with Gasteiger partial charge in [-0.15, -0.1) is 11.8 Å². The first-order chi connectivity index (χ1) is 16.6. The van der Waals surface area contributed by atoms with Gasteiger partial charge in [0.05, 0.1) is 5.75 Å². The second-order valence-electron chi connectivity index (χ2n) is 8.04. The highest BCUT2D eigenvalue weighted by Gasteiger charge is 2.32. The van der Waals surface area contributed by atoms with Crippen LogP contribution in [0.3, 0.4) is 0 Å². The van der Waals surface area contributed by atoms with Crippen molar-refractivity contribution in [3.8, 4) is 0 Å². The summed E-state index contributed by atoms with van der Waals surface area (Å²) in [7, 11) is 0. The highest BCUT2D eigenvalue weighted by molar-refractivity contribution is 8.00. The number of rotatable bonds is 10. The Morgan fingerprint density at radius 3 is 2.47 bits per heavy atom. The summed E-state index contributed by atoms with van der Waals surface area (Å²) in [6.45, 7) is 1.30. The number of hydrogen-bond donors (Lipinski definition) is 1. The van der Waals surface area contributed by atoms with Crippen LogP contribution in [-0.4, -0.2) is 41.3 Å². The number of benzene rings is 3. The molecule has 1 aliphatic rings. The molecule has 3 aromatic rings. The summed E-state index contributed by atoms with van der Waals surface area (Å²) in [6, 6.07) is 25.7. The molecule has 2 amide bonds. The third-order valence-corrected chi connectivity index (χ3v) is 8.16. The molecule has 4 rings (SSSR count). The summed E-state index contributed by atoms with van der Waals surface area (Å²) in [6.07, 6.45) is 0.833. The molecule has 1 heterocycles. The highest BCUT2D eigenvalue weighted by atomic mass is 35.5. The predicted molar refractivity (Wildman–Crippen MR) is 143 cm³/mol. The highest BCUT2D eigenvalue weighted by Crippen LogP contribution is 2.38. The van der Waals surface area contributed by atoms with Crippen molar-refractivity contribution in [2.45, 2.75) is 17.5 Å². The zero-order valence-corrected chi connectivity index (χ0v) is 21.2. The fraction of sp³-hybridized carbons (Fsp3) is 0.259. The Morgan fingerprint density at radius 2 is 1.74 bits per heavy atom. The third kappa shape index (κ3) is 6.81. The molecule has 1 N–H and O–H groups in total. The van der Waals surface area contributed by atoms with Crippen LogP contribution in [0.2, 0.25) is 5.02 Å². The van der Waals surface area contributed by atoms with Crippen LogP contribution in [0.1, 0.15) is 32.4 Å². The van der Waals surface area contributed by atoms with Gasteiger partial charge in [0.1, 0.15) is 5.37 Å². The Balaban J connectivity index is 1.24. The van der Waals surface area contributed by atoms with Crippen LogP contribution < -0.4 is 5.32 Å². The van der Waals surface area contributed by atoms with Crippen molar-refractivity contribution < 1.29 is 9.59 Å². The van der Waals surface area contributed by atoms with Crippen LogP contribution in [-0.2, 0) is 17.0 Å². The zero-order valence-electron chi connectivity index (χ0n) is 18.8. The molecule has 34 heavy (non-hydrogen) atoms. The molecular weight excluding hydrogens is 484 g/mol. The molecule has 4 nitrogen and oxygen atoms in total. The van der Waals surface area contributed by atoms with Crippen LogP contribution in [0.25, 0.3) is 0 Å². The van der Waals surface area contributed by atoms with E-state index in [1.54, 1.807) is 23.5 Å². The second-order valence-corrected chi connectivity index (χ2v) is 10.7. The average Bonchev–Trinajstić information content (AvgIpc) is 3.24. The lowest BCUT2D eigenvalue weighted by atomic mass is 10.1. The van der Waals surface area contributed by atoms with Crippen molar-refractivity contribution in [3.05, 3.63) is 106 Å². The molecule has 1 aliphatic heterocycles. The van der Waals surface area contributed by atoms with E-state index in [1.165, 1.54) is 11.1 Å². The van der Waals surface area contributed by atoms with E-state index in [9.17, 15) is 9.59 Å².